The summed E-state index contributed by atoms with van der Waals surface area (Å²) in [5.41, 5.74) is 7.90. The highest BCUT2D eigenvalue weighted by Crippen LogP contribution is 2.31. The third-order valence-electron chi connectivity index (χ3n) is 3.90. The molecule has 1 aromatic carbocycles. The van der Waals surface area contributed by atoms with Crippen LogP contribution in [-0.2, 0) is 11.3 Å². The summed E-state index contributed by atoms with van der Waals surface area (Å²) >= 11 is 2.02. The standard InChI is InChI=1S/C16H24N2O2S/c1-16(2)7-8-18(9-10-21-16)11-12-5-4-6-13(17)14(12)15(19)20-3/h4-6H,7-11,17H2,1-3H3. The van der Waals surface area contributed by atoms with Gasteiger partial charge in [-0.2, -0.15) is 11.8 Å². The molecule has 2 N–H and O–H groups in total. The van der Waals surface area contributed by atoms with Crippen LogP contribution in [0.2, 0.25) is 0 Å². The lowest BCUT2D eigenvalue weighted by molar-refractivity contribution is 0.0599. The molecule has 0 radical (unpaired) electrons. The van der Waals surface area contributed by atoms with Gasteiger partial charge in [-0.25, -0.2) is 4.79 Å². The van der Waals surface area contributed by atoms with E-state index in [1.54, 1.807) is 6.07 Å². The third kappa shape index (κ3) is 4.14. The van der Waals surface area contributed by atoms with Crippen molar-refractivity contribution in [3.05, 3.63) is 29.3 Å². The second kappa shape index (κ2) is 6.71. The van der Waals surface area contributed by atoms with Crippen LogP contribution in [-0.4, -0.2) is 41.6 Å². The van der Waals surface area contributed by atoms with Crippen molar-refractivity contribution in [3.63, 3.8) is 0 Å². The van der Waals surface area contributed by atoms with Crippen LogP contribution >= 0.6 is 11.8 Å². The number of hydrogen-bond donors (Lipinski definition) is 1. The Morgan fingerprint density at radius 2 is 2.19 bits per heavy atom. The van der Waals surface area contributed by atoms with Gasteiger partial charge in [0.25, 0.3) is 0 Å². The molecule has 0 spiro atoms. The van der Waals surface area contributed by atoms with E-state index in [9.17, 15) is 4.79 Å². The summed E-state index contributed by atoms with van der Waals surface area (Å²) < 4.78 is 5.19. The summed E-state index contributed by atoms with van der Waals surface area (Å²) in [4.78, 5) is 14.3. The van der Waals surface area contributed by atoms with Crippen molar-refractivity contribution in [1.82, 2.24) is 4.90 Å². The van der Waals surface area contributed by atoms with Gasteiger partial charge in [-0.15, -0.1) is 0 Å². The molecule has 1 fully saturated rings. The Morgan fingerprint density at radius 1 is 1.43 bits per heavy atom. The lowest BCUT2D eigenvalue weighted by Crippen LogP contribution is -2.28. The van der Waals surface area contributed by atoms with Crippen molar-refractivity contribution in [1.29, 1.82) is 0 Å². The first-order valence-corrected chi connectivity index (χ1v) is 8.23. The zero-order valence-electron chi connectivity index (χ0n) is 13.0. The predicted molar refractivity (Wildman–Crippen MR) is 88.6 cm³/mol. The molecule has 5 heteroatoms. The number of carbonyl (C=O) groups excluding carboxylic acids is 1. The number of carbonyl (C=O) groups is 1. The number of nitrogens with two attached hydrogens (primary N) is 1. The fraction of sp³-hybridized carbons (Fsp3) is 0.562. The van der Waals surface area contributed by atoms with E-state index in [4.69, 9.17) is 10.5 Å². The second-order valence-electron chi connectivity index (χ2n) is 6.01. The van der Waals surface area contributed by atoms with Gasteiger partial charge in [0, 0.05) is 29.3 Å². The number of nitrogens with zero attached hydrogens (tertiary/aromatic N) is 1. The monoisotopic (exact) mass is 308 g/mol. The molecule has 0 aliphatic carbocycles. The largest absolute Gasteiger partial charge is 0.465 e. The van der Waals surface area contributed by atoms with Crippen LogP contribution in [0.5, 0.6) is 0 Å². The van der Waals surface area contributed by atoms with Gasteiger partial charge in [-0.1, -0.05) is 26.0 Å². The average molecular weight is 308 g/mol. The summed E-state index contributed by atoms with van der Waals surface area (Å²) in [5, 5.41) is 0. The Hall–Kier alpha value is -1.20. The van der Waals surface area contributed by atoms with Crippen molar-refractivity contribution in [2.75, 3.05) is 31.7 Å². The van der Waals surface area contributed by atoms with E-state index < -0.39 is 0 Å². The number of anilines is 1. The van der Waals surface area contributed by atoms with Crippen LogP contribution in [0.15, 0.2) is 18.2 Å². The van der Waals surface area contributed by atoms with Gasteiger partial charge < -0.3 is 10.5 Å². The van der Waals surface area contributed by atoms with Gasteiger partial charge in [0.15, 0.2) is 0 Å². The zero-order valence-corrected chi connectivity index (χ0v) is 13.8. The van der Waals surface area contributed by atoms with E-state index >= 15 is 0 Å². The lowest BCUT2D eigenvalue weighted by atomic mass is 10.0. The maximum Gasteiger partial charge on any atom is 0.340 e. The number of thioether (sulfide) groups is 1. The molecule has 1 aromatic rings. The normalized spacial score (nSPS) is 19.0. The first kappa shape index (κ1) is 16.2. The average Bonchev–Trinajstić information content (AvgIpc) is 2.60. The molecule has 0 bridgehead atoms. The van der Waals surface area contributed by atoms with Crippen molar-refractivity contribution in [2.24, 2.45) is 0 Å². The molecule has 0 aromatic heterocycles. The highest BCUT2D eigenvalue weighted by Gasteiger charge is 2.25. The molecule has 1 aliphatic heterocycles. The summed E-state index contributed by atoms with van der Waals surface area (Å²) in [6.45, 7) is 7.40. The Morgan fingerprint density at radius 3 is 2.90 bits per heavy atom. The number of rotatable bonds is 3. The highest BCUT2D eigenvalue weighted by atomic mass is 32.2. The SMILES string of the molecule is COC(=O)c1c(N)cccc1CN1CCSC(C)(C)CC1. The Kier molecular flexibility index (Phi) is 5.17. The molecule has 0 saturated carbocycles. The quantitative estimate of drug-likeness (QED) is 0.687. The molecular weight excluding hydrogens is 284 g/mol. The van der Waals surface area contributed by atoms with E-state index in [2.05, 4.69) is 18.7 Å². The highest BCUT2D eigenvalue weighted by molar-refractivity contribution is 8.00. The molecule has 0 unspecified atom stereocenters. The fourth-order valence-electron chi connectivity index (χ4n) is 2.56. The van der Waals surface area contributed by atoms with Gasteiger partial charge in [0.1, 0.15) is 0 Å². The van der Waals surface area contributed by atoms with Crippen molar-refractivity contribution in [2.45, 2.75) is 31.6 Å². The minimum Gasteiger partial charge on any atom is -0.465 e. The van der Waals surface area contributed by atoms with E-state index in [1.807, 2.05) is 23.9 Å². The number of methoxy groups -OCH3 is 1. The van der Waals surface area contributed by atoms with E-state index in [1.165, 1.54) is 7.11 Å². The molecule has 21 heavy (non-hydrogen) atoms. The molecule has 2 rings (SSSR count). The third-order valence-corrected chi connectivity index (χ3v) is 5.27. The zero-order chi connectivity index (χ0) is 15.5. The summed E-state index contributed by atoms with van der Waals surface area (Å²) in [6.07, 6.45) is 1.15. The van der Waals surface area contributed by atoms with Gasteiger partial charge in [0.2, 0.25) is 0 Å². The van der Waals surface area contributed by atoms with Crippen LogP contribution in [0.25, 0.3) is 0 Å². The van der Waals surface area contributed by atoms with E-state index in [0.29, 0.717) is 16.0 Å². The van der Waals surface area contributed by atoms with Crippen molar-refractivity contribution >= 4 is 23.4 Å². The minimum atomic E-state index is -0.354. The molecule has 116 valence electrons. The Labute approximate surface area is 131 Å². The van der Waals surface area contributed by atoms with E-state index in [-0.39, 0.29) is 5.97 Å². The van der Waals surface area contributed by atoms with Gasteiger partial charge in [-0.3, -0.25) is 4.90 Å². The molecule has 1 saturated heterocycles. The number of hydrogen-bond acceptors (Lipinski definition) is 5. The summed E-state index contributed by atoms with van der Waals surface area (Å²) in [7, 11) is 1.39. The molecule has 1 heterocycles. The van der Waals surface area contributed by atoms with Crippen molar-refractivity contribution < 1.29 is 9.53 Å². The lowest BCUT2D eigenvalue weighted by Gasteiger charge is -2.23. The maximum absolute atomic E-state index is 11.9. The Bertz CT molecular complexity index is 517. The summed E-state index contributed by atoms with van der Waals surface area (Å²) in [5.74, 6) is 0.760. The summed E-state index contributed by atoms with van der Waals surface area (Å²) in [6, 6.07) is 5.61. The molecule has 1 aliphatic rings. The van der Waals surface area contributed by atoms with Crippen LogP contribution in [0.1, 0.15) is 36.2 Å². The molecule has 0 amide bonds. The van der Waals surface area contributed by atoms with E-state index in [0.717, 1.165) is 37.4 Å². The van der Waals surface area contributed by atoms with Crippen LogP contribution in [0.4, 0.5) is 5.69 Å². The fourth-order valence-corrected chi connectivity index (χ4v) is 3.70. The number of ether oxygens (including phenoxy) is 1. The number of benzene rings is 1. The first-order valence-electron chi connectivity index (χ1n) is 7.25. The molecular formula is C16H24N2O2S. The molecule has 4 nitrogen and oxygen atoms in total. The topological polar surface area (TPSA) is 55.6 Å². The maximum atomic E-state index is 11.9. The number of nitrogen functional groups attached to an aromatic ring is 1. The predicted octanol–water partition coefficient (Wildman–Crippen LogP) is 2.77. The van der Waals surface area contributed by atoms with Crippen LogP contribution < -0.4 is 5.73 Å². The smallest absolute Gasteiger partial charge is 0.340 e. The van der Waals surface area contributed by atoms with Gasteiger partial charge >= 0.3 is 5.97 Å². The first-order chi connectivity index (χ1) is 9.93. The van der Waals surface area contributed by atoms with Crippen molar-refractivity contribution in [3.8, 4) is 0 Å². The van der Waals surface area contributed by atoms with Gasteiger partial charge in [-0.05, 0) is 24.6 Å². The van der Waals surface area contributed by atoms with Gasteiger partial charge in [0.05, 0.1) is 12.7 Å². The van der Waals surface area contributed by atoms with Crippen LogP contribution in [0, 0.1) is 0 Å². The molecule has 0 atom stereocenters. The second-order valence-corrected chi connectivity index (χ2v) is 7.81. The van der Waals surface area contributed by atoms with Crippen LogP contribution in [0.3, 0.4) is 0 Å². The Balaban J connectivity index is 2.16. The number of esters is 1. The minimum absolute atomic E-state index is 0.329.